The van der Waals surface area contributed by atoms with Gasteiger partial charge in [0.1, 0.15) is 11.2 Å². The van der Waals surface area contributed by atoms with Gasteiger partial charge in [-0.05, 0) is 40.9 Å². The van der Waals surface area contributed by atoms with Gasteiger partial charge < -0.3 is 10.3 Å². The van der Waals surface area contributed by atoms with Crippen LogP contribution in [-0.4, -0.2) is 41.0 Å². The molecular weight excluding hydrogens is 472 g/mol. The van der Waals surface area contributed by atoms with Crippen molar-refractivity contribution in [3.63, 3.8) is 0 Å². The number of anilines is 1. The lowest BCUT2D eigenvalue weighted by Crippen LogP contribution is -2.11. The Labute approximate surface area is 210 Å². The van der Waals surface area contributed by atoms with Crippen LogP contribution >= 0.6 is 11.3 Å². The van der Waals surface area contributed by atoms with E-state index in [1.165, 1.54) is 0 Å². The summed E-state index contributed by atoms with van der Waals surface area (Å²) in [6.45, 7) is 2.06. The van der Waals surface area contributed by atoms with Gasteiger partial charge in [0, 0.05) is 41.7 Å². The number of imidazole rings is 1. The molecule has 0 saturated heterocycles. The Morgan fingerprint density at radius 3 is 2.81 bits per heavy atom. The molecule has 0 aliphatic heterocycles. The first kappa shape index (κ1) is 22.1. The van der Waals surface area contributed by atoms with Gasteiger partial charge in [-0.15, -0.1) is 0 Å². The third kappa shape index (κ3) is 4.11. The van der Waals surface area contributed by atoms with Gasteiger partial charge in [0.25, 0.3) is 0 Å². The standard InChI is InChI=1S/C26H22N8OS/c1-2-3-4-22(35)30-18-7-16(9-27-11-18)17-8-19-24(33-34-25(19)29-10-17)26-31-21-13-28-12-20(23(21)32-26)15-5-6-36-14-15/h5-14H,2-4H2,1H3,(H,30,35)(H,31,32)(H,29,33,34). The van der Waals surface area contributed by atoms with Crippen LogP contribution in [0.15, 0.2) is 59.9 Å². The maximum atomic E-state index is 12.2. The predicted octanol–water partition coefficient (Wildman–Crippen LogP) is 5.82. The Hall–Kier alpha value is -4.44. The van der Waals surface area contributed by atoms with Gasteiger partial charge in [-0.3, -0.25) is 19.9 Å². The number of nitrogens with zero attached hydrogens (tertiary/aromatic N) is 5. The second kappa shape index (κ2) is 9.31. The number of amides is 1. The van der Waals surface area contributed by atoms with Crippen molar-refractivity contribution < 1.29 is 4.79 Å². The zero-order chi connectivity index (χ0) is 24.5. The summed E-state index contributed by atoms with van der Waals surface area (Å²) < 4.78 is 0. The number of thiophene rings is 1. The molecule has 6 rings (SSSR count). The number of unbranched alkanes of at least 4 members (excludes halogenated alkanes) is 1. The Balaban J connectivity index is 1.37. The molecule has 0 bridgehead atoms. The topological polar surface area (TPSA) is 125 Å². The molecule has 3 N–H and O–H groups in total. The maximum absolute atomic E-state index is 12.2. The number of carbonyl (C=O) groups is 1. The van der Waals surface area contributed by atoms with E-state index in [1.807, 2.05) is 23.7 Å². The molecule has 10 heteroatoms. The minimum Gasteiger partial charge on any atom is -0.335 e. The molecule has 0 saturated carbocycles. The van der Waals surface area contributed by atoms with E-state index in [1.54, 1.807) is 36.1 Å². The molecule has 6 heterocycles. The van der Waals surface area contributed by atoms with Crippen LogP contribution < -0.4 is 5.32 Å². The molecule has 0 fully saturated rings. The number of H-pyrrole nitrogens is 2. The Bertz CT molecular complexity index is 1690. The quantitative estimate of drug-likeness (QED) is 0.257. The summed E-state index contributed by atoms with van der Waals surface area (Å²) in [6.07, 6.45) is 11.1. The van der Waals surface area contributed by atoms with Gasteiger partial charge in [-0.2, -0.15) is 16.4 Å². The second-order valence-electron chi connectivity index (χ2n) is 8.49. The summed E-state index contributed by atoms with van der Waals surface area (Å²) in [4.78, 5) is 33.6. The minimum atomic E-state index is -0.0114. The molecule has 0 aliphatic rings. The lowest BCUT2D eigenvalue weighted by atomic mass is 10.1. The van der Waals surface area contributed by atoms with E-state index >= 15 is 0 Å². The van der Waals surface area contributed by atoms with E-state index in [-0.39, 0.29) is 5.91 Å². The van der Waals surface area contributed by atoms with E-state index < -0.39 is 0 Å². The summed E-state index contributed by atoms with van der Waals surface area (Å²) in [5.74, 6) is 0.623. The van der Waals surface area contributed by atoms with Crippen molar-refractivity contribution in [1.29, 1.82) is 0 Å². The molecule has 0 unspecified atom stereocenters. The molecule has 178 valence electrons. The van der Waals surface area contributed by atoms with Crippen LogP contribution in [0.4, 0.5) is 5.69 Å². The van der Waals surface area contributed by atoms with Crippen LogP contribution in [0, 0.1) is 0 Å². The third-order valence-electron chi connectivity index (χ3n) is 5.98. The fraction of sp³-hybridized carbons (Fsp3) is 0.154. The number of nitrogens with one attached hydrogen (secondary N) is 3. The third-order valence-corrected chi connectivity index (χ3v) is 6.66. The normalized spacial score (nSPS) is 11.4. The van der Waals surface area contributed by atoms with Crippen molar-refractivity contribution in [2.24, 2.45) is 0 Å². The zero-order valence-electron chi connectivity index (χ0n) is 19.4. The van der Waals surface area contributed by atoms with Crippen LogP contribution in [0.3, 0.4) is 0 Å². The van der Waals surface area contributed by atoms with Crippen molar-refractivity contribution in [2.75, 3.05) is 5.32 Å². The number of hydrogen-bond donors (Lipinski definition) is 3. The van der Waals surface area contributed by atoms with Crippen molar-refractivity contribution in [3.8, 4) is 33.8 Å². The largest absolute Gasteiger partial charge is 0.335 e. The number of hydrogen-bond acceptors (Lipinski definition) is 7. The SMILES string of the molecule is CCCCC(=O)Nc1cncc(-c2cnc3[nH]nc(-c4nc5c(-c6ccsc6)cncc5[nH]4)c3c2)c1. The average molecular weight is 495 g/mol. The average Bonchev–Trinajstić information content (AvgIpc) is 3.66. The molecule has 0 aliphatic carbocycles. The minimum absolute atomic E-state index is 0.0114. The van der Waals surface area contributed by atoms with Gasteiger partial charge >= 0.3 is 0 Å². The van der Waals surface area contributed by atoms with Crippen molar-refractivity contribution in [2.45, 2.75) is 26.2 Å². The van der Waals surface area contributed by atoms with Crippen LogP contribution in [-0.2, 0) is 4.79 Å². The van der Waals surface area contributed by atoms with Gasteiger partial charge in [-0.25, -0.2) is 9.97 Å². The molecule has 0 spiro atoms. The highest BCUT2D eigenvalue weighted by molar-refractivity contribution is 7.08. The fourth-order valence-electron chi connectivity index (χ4n) is 4.14. The number of rotatable bonds is 7. The number of aromatic amines is 2. The number of fused-ring (bicyclic) bond motifs is 2. The first-order chi connectivity index (χ1) is 17.7. The summed E-state index contributed by atoms with van der Waals surface area (Å²) in [6, 6.07) is 5.97. The van der Waals surface area contributed by atoms with E-state index in [9.17, 15) is 4.79 Å². The lowest BCUT2D eigenvalue weighted by molar-refractivity contribution is -0.116. The molecule has 0 aromatic carbocycles. The number of aromatic nitrogens is 7. The van der Waals surface area contributed by atoms with E-state index in [0.29, 0.717) is 29.3 Å². The summed E-state index contributed by atoms with van der Waals surface area (Å²) in [5.41, 5.74) is 7.43. The van der Waals surface area contributed by atoms with E-state index in [4.69, 9.17) is 4.98 Å². The molecule has 0 radical (unpaired) electrons. The molecule has 36 heavy (non-hydrogen) atoms. The molecule has 0 atom stereocenters. The summed E-state index contributed by atoms with van der Waals surface area (Å²) in [5, 5.41) is 15.4. The van der Waals surface area contributed by atoms with Crippen molar-refractivity contribution in [1.82, 2.24) is 35.1 Å². The molecule has 6 aromatic rings. The smallest absolute Gasteiger partial charge is 0.224 e. The predicted molar refractivity (Wildman–Crippen MR) is 141 cm³/mol. The number of carbonyl (C=O) groups excluding carboxylic acids is 1. The highest BCUT2D eigenvalue weighted by Crippen LogP contribution is 2.32. The van der Waals surface area contributed by atoms with Gasteiger partial charge in [0.15, 0.2) is 11.5 Å². The van der Waals surface area contributed by atoms with Crippen LogP contribution in [0.1, 0.15) is 26.2 Å². The molecule has 9 nitrogen and oxygen atoms in total. The monoisotopic (exact) mass is 494 g/mol. The van der Waals surface area contributed by atoms with Crippen LogP contribution in [0.5, 0.6) is 0 Å². The first-order valence-electron chi connectivity index (χ1n) is 11.7. The van der Waals surface area contributed by atoms with Crippen molar-refractivity contribution in [3.05, 3.63) is 59.9 Å². The maximum Gasteiger partial charge on any atom is 0.224 e. The van der Waals surface area contributed by atoms with Crippen LogP contribution in [0.25, 0.3) is 55.8 Å². The summed E-state index contributed by atoms with van der Waals surface area (Å²) >= 11 is 1.64. The molecular formula is C26H22N8OS. The molecule has 6 aromatic heterocycles. The van der Waals surface area contributed by atoms with Gasteiger partial charge in [-0.1, -0.05) is 13.3 Å². The van der Waals surface area contributed by atoms with E-state index in [2.05, 4.69) is 53.8 Å². The summed E-state index contributed by atoms with van der Waals surface area (Å²) in [7, 11) is 0. The Kier molecular flexibility index (Phi) is 5.70. The van der Waals surface area contributed by atoms with Crippen LogP contribution in [0.2, 0.25) is 0 Å². The van der Waals surface area contributed by atoms with Gasteiger partial charge in [0.05, 0.1) is 29.0 Å². The fourth-order valence-corrected chi connectivity index (χ4v) is 4.80. The van der Waals surface area contributed by atoms with Crippen molar-refractivity contribution >= 4 is 45.0 Å². The highest BCUT2D eigenvalue weighted by Gasteiger charge is 2.17. The Morgan fingerprint density at radius 1 is 1.06 bits per heavy atom. The van der Waals surface area contributed by atoms with E-state index in [0.717, 1.165) is 51.5 Å². The van der Waals surface area contributed by atoms with Gasteiger partial charge in [0.2, 0.25) is 5.91 Å². The molecule has 1 amide bonds. The first-order valence-corrected chi connectivity index (χ1v) is 12.6. The zero-order valence-corrected chi connectivity index (χ0v) is 20.3. The Morgan fingerprint density at radius 2 is 1.94 bits per heavy atom. The highest BCUT2D eigenvalue weighted by atomic mass is 32.1. The lowest BCUT2D eigenvalue weighted by Gasteiger charge is -2.07. The number of pyridine rings is 3. The second-order valence-corrected chi connectivity index (χ2v) is 9.27.